The summed E-state index contributed by atoms with van der Waals surface area (Å²) in [4.78, 5) is 28.9. The van der Waals surface area contributed by atoms with Crippen LogP contribution >= 0.6 is 12.4 Å². The minimum Gasteiger partial charge on any atom is -0.441 e. The van der Waals surface area contributed by atoms with Crippen LogP contribution in [0.2, 0.25) is 0 Å². The molecule has 0 unspecified atom stereocenters. The number of ether oxygens (including phenoxy) is 1. The van der Waals surface area contributed by atoms with Crippen LogP contribution in [0.4, 0.5) is 4.79 Å². The van der Waals surface area contributed by atoms with Crippen molar-refractivity contribution in [3.63, 3.8) is 0 Å². The summed E-state index contributed by atoms with van der Waals surface area (Å²) >= 11 is 0. The van der Waals surface area contributed by atoms with Gasteiger partial charge in [0.25, 0.3) is 0 Å². The molecule has 2 N–H and O–H groups in total. The minimum absolute atomic E-state index is 0. The zero-order chi connectivity index (χ0) is 18.6. The Kier molecular flexibility index (Phi) is 8.22. The highest BCUT2D eigenvalue weighted by atomic mass is 35.5. The quantitative estimate of drug-likeness (QED) is 0.692. The van der Waals surface area contributed by atoms with Crippen molar-refractivity contribution >= 4 is 24.4 Å². The third-order valence-corrected chi connectivity index (χ3v) is 6.37. The molecule has 2 heterocycles. The summed E-state index contributed by atoms with van der Waals surface area (Å²) < 4.78 is 5.78. The van der Waals surface area contributed by atoms with E-state index >= 15 is 0 Å². The van der Waals surface area contributed by atoms with Gasteiger partial charge in [0.15, 0.2) is 0 Å². The van der Waals surface area contributed by atoms with E-state index in [1.165, 1.54) is 19.3 Å². The molecule has 3 aliphatic rings. The molecule has 0 aromatic heterocycles. The maximum Gasteiger partial charge on any atom is 0.410 e. The monoisotopic (exact) mass is 401 g/mol. The summed E-state index contributed by atoms with van der Waals surface area (Å²) in [6.07, 6.45) is 9.86. The van der Waals surface area contributed by atoms with Crippen molar-refractivity contribution in [3.05, 3.63) is 0 Å². The molecule has 0 aromatic carbocycles. The Bertz CT molecular complexity index is 509. The van der Waals surface area contributed by atoms with Crippen molar-refractivity contribution in [1.82, 2.24) is 9.80 Å². The second-order valence-corrected chi connectivity index (χ2v) is 8.48. The predicted octanol–water partition coefficient (Wildman–Crippen LogP) is 3.32. The first-order valence-electron chi connectivity index (χ1n) is 10.6. The van der Waals surface area contributed by atoms with Crippen molar-refractivity contribution in [2.75, 3.05) is 26.2 Å². The van der Waals surface area contributed by atoms with E-state index in [1.807, 2.05) is 9.80 Å². The number of halogens is 1. The molecule has 1 spiro atoms. The molecule has 2 saturated heterocycles. The van der Waals surface area contributed by atoms with E-state index in [0.29, 0.717) is 19.6 Å². The van der Waals surface area contributed by atoms with Crippen molar-refractivity contribution in [2.24, 2.45) is 11.7 Å². The van der Waals surface area contributed by atoms with Crippen LogP contribution < -0.4 is 5.73 Å². The van der Waals surface area contributed by atoms with Crippen LogP contribution in [0.5, 0.6) is 0 Å². The molecule has 0 bridgehead atoms. The third-order valence-electron chi connectivity index (χ3n) is 6.37. The highest BCUT2D eigenvalue weighted by Crippen LogP contribution is 2.35. The van der Waals surface area contributed by atoms with Crippen molar-refractivity contribution in [3.8, 4) is 0 Å². The number of nitrogens with two attached hydrogens (primary N) is 1. The van der Waals surface area contributed by atoms with Crippen LogP contribution in [0.3, 0.4) is 0 Å². The Balaban J connectivity index is 0.00000261. The van der Waals surface area contributed by atoms with Crippen LogP contribution in [0.15, 0.2) is 0 Å². The van der Waals surface area contributed by atoms with Gasteiger partial charge in [-0.1, -0.05) is 32.6 Å². The lowest BCUT2D eigenvalue weighted by molar-refractivity contribution is -0.140. The molecule has 1 saturated carbocycles. The molecule has 2 aliphatic heterocycles. The number of nitrogens with zero attached hydrogens (tertiary/aromatic N) is 2. The topological polar surface area (TPSA) is 75.9 Å². The van der Waals surface area contributed by atoms with Gasteiger partial charge in [0.2, 0.25) is 5.91 Å². The molecule has 3 rings (SSSR count). The van der Waals surface area contributed by atoms with Crippen molar-refractivity contribution in [2.45, 2.75) is 82.8 Å². The largest absolute Gasteiger partial charge is 0.441 e. The number of piperidine rings is 1. The second-order valence-electron chi connectivity index (χ2n) is 8.48. The average Bonchev–Trinajstić information content (AvgIpc) is 2.94. The molecule has 0 radical (unpaired) electrons. The lowest BCUT2D eigenvalue weighted by Gasteiger charge is -2.39. The van der Waals surface area contributed by atoms with Crippen LogP contribution in [0, 0.1) is 5.92 Å². The minimum atomic E-state index is -0.373. The Labute approximate surface area is 169 Å². The molecule has 0 aromatic rings. The SMILES string of the molecule is CCCCCCN1CC2(CCN(C(=O)[C@@H]3CCC[C@H](N)C3)CC2)OC1=O.Cl. The summed E-state index contributed by atoms with van der Waals surface area (Å²) in [6, 6.07) is 0.172. The Morgan fingerprint density at radius 2 is 1.96 bits per heavy atom. The smallest absolute Gasteiger partial charge is 0.410 e. The second kappa shape index (κ2) is 9.97. The van der Waals surface area contributed by atoms with Gasteiger partial charge in [-0.05, 0) is 25.7 Å². The Morgan fingerprint density at radius 1 is 1.22 bits per heavy atom. The summed E-state index contributed by atoms with van der Waals surface area (Å²) in [6.45, 7) is 5.07. The summed E-state index contributed by atoms with van der Waals surface area (Å²) in [5, 5.41) is 0. The lowest BCUT2D eigenvalue weighted by atomic mass is 9.84. The molecular formula is C20H36ClN3O3. The molecule has 3 fully saturated rings. The first-order valence-corrected chi connectivity index (χ1v) is 10.6. The Morgan fingerprint density at radius 3 is 2.63 bits per heavy atom. The predicted molar refractivity (Wildman–Crippen MR) is 108 cm³/mol. The number of unbranched alkanes of at least 4 members (excludes halogenated alkanes) is 3. The normalized spacial score (nSPS) is 27.4. The number of amides is 2. The van der Waals surface area contributed by atoms with Crippen molar-refractivity contribution < 1.29 is 14.3 Å². The van der Waals surface area contributed by atoms with E-state index in [2.05, 4.69) is 6.92 Å². The molecule has 7 heteroatoms. The number of rotatable bonds is 6. The number of carbonyl (C=O) groups is 2. The van der Waals surface area contributed by atoms with Gasteiger partial charge in [0.05, 0.1) is 6.54 Å². The molecule has 6 nitrogen and oxygen atoms in total. The van der Waals surface area contributed by atoms with E-state index in [9.17, 15) is 9.59 Å². The molecule has 27 heavy (non-hydrogen) atoms. The first kappa shape index (κ1) is 22.3. The molecule has 2 amide bonds. The number of likely N-dealkylation sites (tertiary alicyclic amines) is 1. The fraction of sp³-hybridized carbons (Fsp3) is 0.900. The zero-order valence-electron chi connectivity index (χ0n) is 16.7. The van der Waals surface area contributed by atoms with Crippen LogP contribution in [0.1, 0.15) is 71.1 Å². The molecule has 1 aliphatic carbocycles. The molecule has 156 valence electrons. The van der Waals surface area contributed by atoms with Crippen molar-refractivity contribution in [1.29, 1.82) is 0 Å². The molecular weight excluding hydrogens is 366 g/mol. The van der Waals surface area contributed by atoms with Crippen LogP contribution in [-0.4, -0.2) is 59.6 Å². The first-order chi connectivity index (χ1) is 12.5. The summed E-state index contributed by atoms with van der Waals surface area (Å²) in [5.74, 6) is 0.352. The number of hydrogen-bond donors (Lipinski definition) is 1. The van der Waals surface area contributed by atoms with E-state index in [1.54, 1.807) is 0 Å². The van der Waals surface area contributed by atoms with E-state index in [4.69, 9.17) is 10.5 Å². The maximum absolute atomic E-state index is 12.8. The standard InChI is InChI=1S/C20H35N3O3.ClH/c1-2-3-4-5-11-23-15-20(26-19(23)25)9-12-22(13-10-20)18(24)16-7-6-8-17(21)14-16;/h16-17H,2-15,21H2,1H3;1H/t16-,17+;/m1./s1. The van der Waals surface area contributed by atoms with Crippen LogP contribution in [-0.2, 0) is 9.53 Å². The van der Waals surface area contributed by atoms with Gasteiger partial charge in [-0.2, -0.15) is 0 Å². The fourth-order valence-corrected chi connectivity index (χ4v) is 4.70. The van der Waals surface area contributed by atoms with Gasteiger partial charge >= 0.3 is 6.09 Å². The van der Waals surface area contributed by atoms with Gasteiger partial charge in [-0.25, -0.2) is 4.79 Å². The Hall–Kier alpha value is -1.01. The maximum atomic E-state index is 12.8. The van der Waals surface area contributed by atoms with Gasteiger partial charge in [0.1, 0.15) is 5.60 Å². The van der Waals surface area contributed by atoms with Gasteiger partial charge in [-0.15, -0.1) is 12.4 Å². The number of carbonyl (C=O) groups excluding carboxylic acids is 2. The number of hydrogen-bond acceptors (Lipinski definition) is 4. The lowest BCUT2D eigenvalue weighted by Crippen LogP contribution is -2.51. The summed E-state index contributed by atoms with van der Waals surface area (Å²) in [7, 11) is 0. The van der Waals surface area contributed by atoms with Gasteiger partial charge < -0.3 is 20.3 Å². The zero-order valence-corrected chi connectivity index (χ0v) is 17.5. The van der Waals surface area contributed by atoms with Gasteiger partial charge in [0, 0.05) is 44.4 Å². The van der Waals surface area contributed by atoms with E-state index in [-0.39, 0.29) is 42.0 Å². The third kappa shape index (κ3) is 5.50. The highest BCUT2D eigenvalue weighted by Gasteiger charge is 2.47. The fourth-order valence-electron chi connectivity index (χ4n) is 4.70. The van der Waals surface area contributed by atoms with E-state index < -0.39 is 0 Å². The van der Waals surface area contributed by atoms with Gasteiger partial charge in [-0.3, -0.25) is 4.79 Å². The van der Waals surface area contributed by atoms with E-state index in [0.717, 1.165) is 51.5 Å². The average molecular weight is 402 g/mol. The summed E-state index contributed by atoms with van der Waals surface area (Å²) in [5.41, 5.74) is 5.67. The van der Waals surface area contributed by atoms with Crippen LogP contribution in [0.25, 0.3) is 0 Å². The highest BCUT2D eigenvalue weighted by molar-refractivity contribution is 5.85. The molecule has 2 atom stereocenters.